The van der Waals surface area contributed by atoms with Gasteiger partial charge in [-0.1, -0.05) is 0 Å². The third-order valence-electron chi connectivity index (χ3n) is 3.00. The summed E-state index contributed by atoms with van der Waals surface area (Å²) in [5, 5.41) is 20.1. The van der Waals surface area contributed by atoms with Crippen LogP contribution in [0.2, 0.25) is 0 Å². The van der Waals surface area contributed by atoms with Gasteiger partial charge in [0.2, 0.25) is 5.82 Å². The standard InChI is InChI=1S/C13H6F5NO3/c1-4-2-7(20)6(19(21)22)3-5(4)8-9(14)11(16)13(18)12(17)10(8)15/h2-3,20H,1H3. The molecule has 0 aliphatic carbocycles. The average molecular weight is 319 g/mol. The zero-order chi connectivity index (χ0) is 16.8. The Morgan fingerprint density at radius 1 is 0.955 bits per heavy atom. The molecule has 116 valence electrons. The first-order valence-electron chi connectivity index (χ1n) is 5.66. The van der Waals surface area contributed by atoms with Gasteiger partial charge >= 0.3 is 5.69 Å². The van der Waals surface area contributed by atoms with Crippen LogP contribution in [-0.2, 0) is 0 Å². The topological polar surface area (TPSA) is 63.4 Å². The van der Waals surface area contributed by atoms with Gasteiger partial charge in [-0.25, -0.2) is 22.0 Å². The third-order valence-corrected chi connectivity index (χ3v) is 3.00. The van der Waals surface area contributed by atoms with Gasteiger partial charge in [0.25, 0.3) is 0 Å². The van der Waals surface area contributed by atoms with E-state index in [4.69, 9.17) is 0 Å². The van der Waals surface area contributed by atoms with Gasteiger partial charge in [0, 0.05) is 6.07 Å². The van der Waals surface area contributed by atoms with Crippen LogP contribution in [0.15, 0.2) is 12.1 Å². The molecule has 0 aliphatic heterocycles. The zero-order valence-electron chi connectivity index (χ0n) is 10.8. The highest BCUT2D eigenvalue weighted by atomic mass is 19.2. The number of nitro benzene ring substituents is 1. The minimum atomic E-state index is -2.33. The maximum atomic E-state index is 13.7. The molecule has 0 fully saturated rings. The number of nitrogens with zero attached hydrogens (tertiary/aromatic N) is 1. The van der Waals surface area contributed by atoms with Crippen molar-refractivity contribution in [3.05, 3.63) is 56.9 Å². The molecule has 0 atom stereocenters. The number of aromatic hydroxyl groups is 1. The molecule has 0 heterocycles. The fourth-order valence-electron chi connectivity index (χ4n) is 1.94. The summed E-state index contributed by atoms with van der Waals surface area (Å²) in [6.45, 7) is 1.19. The number of aryl methyl sites for hydroxylation is 1. The maximum Gasteiger partial charge on any atom is 0.311 e. The van der Waals surface area contributed by atoms with E-state index in [-0.39, 0.29) is 5.56 Å². The predicted octanol–water partition coefficient (Wildman–Crippen LogP) is 3.97. The van der Waals surface area contributed by atoms with E-state index in [1.165, 1.54) is 6.92 Å². The van der Waals surface area contributed by atoms with Crippen LogP contribution >= 0.6 is 0 Å². The van der Waals surface area contributed by atoms with Gasteiger partial charge in [-0.2, -0.15) is 0 Å². The van der Waals surface area contributed by atoms with E-state index in [2.05, 4.69) is 0 Å². The predicted molar refractivity (Wildman–Crippen MR) is 64.7 cm³/mol. The van der Waals surface area contributed by atoms with E-state index in [0.717, 1.165) is 6.07 Å². The summed E-state index contributed by atoms with van der Waals surface area (Å²) in [6.07, 6.45) is 0. The van der Waals surface area contributed by atoms with Crippen molar-refractivity contribution >= 4 is 5.69 Å². The van der Waals surface area contributed by atoms with Crippen molar-refractivity contribution in [3.8, 4) is 16.9 Å². The van der Waals surface area contributed by atoms with Gasteiger partial charge in [0.1, 0.15) is 0 Å². The Kier molecular flexibility index (Phi) is 3.74. The highest BCUT2D eigenvalue weighted by Crippen LogP contribution is 2.38. The molecule has 2 aromatic rings. The minimum absolute atomic E-state index is 0.105. The Labute approximate surface area is 119 Å². The van der Waals surface area contributed by atoms with Crippen LogP contribution in [0, 0.1) is 46.1 Å². The molecule has 2 aromatic carbocycles. The van der Waals surface area contributed by atoms with Gasteiger partial charge in [-0.05, 0) is 24.1 Å². The second-order valence-electron chi connectivity index (χ2n) is 4.36. The molecule has 0 bridgehead atoms. The van der Waals surface area contributed by atoms with Crippen LogP contribution in [0.5, 0.6) is 5.75 Å². The second kappa shape index (κ2) is 5.24. The van der Waals surface area contributed by atoms with Gasteiger partial charge in [0.05, 0.1) is 10.5 Å². The fourth-order valence-corrected chi connectivity index (χ4v) is 1.94. The van der Waals surface area contributed by atoms with Crippen molar-refractivity contribution in [1.82, 2.24) is 0 Å². The molecule has 0 amide bonds. The number of phenols is 1. The molecule has 0 spiro atoms. The SMILES string of the molecule is Cc1cc(O)c([N+](=O)[O-])cc1-c1c(F)c(F)c(F)c(F)c1F. The maximum absolute atomic E-state index is 13.7. The molecule has 0 saturated carbocycles. The van der Waals surface area contributed by atoms with Crippen LogP contribution < -0.4 is 0 Å². The number of phenolic OH excluding ortho intramolecular Hbond substituents is 1. The average Bonchev–Trinajstić information content (AvgIpc) is 2.45. The molecule has 4 nitrogen and oxygen atoms in total. The Morgan fingerprint density at radius 2 is 1.41 bits per heavy atom. The van der Waals surface area contributed by atoms with E-state index in [9.17, 15) is 37.2 Å². The van der Waals surface area contributed by atoms with Crippen LogP contribution in [0.4, 0.5) is 27.6 Å². The van der Waals surface area contributed by atoms with Gasteiger partial charge in [-0.15, -0.1) is 0 Å². The Balaban J connectivity index is 2.89. The normalized spacial score (nSPS) is 10.8. The van der Waals surface area contributed by atoms with Crippen LogP contribution in [0.3, 0.4) is 0 Å². The summed E-state index contributed by atoms with van der Waals surface area (Å²) < 4.78 is 66.9. The summed E-state index contributed by atoms with van der Waals surface area (Å²) >= 11 is 0. The smallest absolute Gasteiger partial charge is 0.311 e. The van der Waals surface area contributed by atoms with Crippen molar-refractivity contribution < 1.29 is 32.0 Å². The van der Waals surface area contributed by atoms with Crippen LogP contribution in [0.1, 0.15) is 5.56 Å². The number of hydrogen-bond acceptors (Lipinski definition) is 3. The molecular weight excluding hydrogens is 313 g/mol. The minimum Gasteiger partial charge on any atom is -0.502 e. The molecular formula is C13H6F5NO3. The number of benzene rings is 2. The zero-order valence-corrected chi connectivity index (χ0v) is 10.8. The van der Waals surface area contributed by atoms with E-state index < -0.39 is 56.6 Å². The molecule has 1 N–H and O–H groups in total. The van der Waals surface area contributed by atoms with Crippen LogP contribution in [0.25, 0.3) is 11.1 Å². The molecule has 2 rings (SSSR count). The molecule has 0 radical (unpaired) electrons. The highest BCUT2D eigenvalue weighted by molar-refractivity contribution is 5.73. The van der Waals surface area contributed by atoms with Gasteiger partial charge < -0.3 is 5.11 Å². The van der Waals surface area contributed by atoms with Gasteiger partial charge in [-0.3, -0.25) is 10.1 Å². The molecule has 0 unspecified atom stereocenters. The largest absolute Gasteiger partial charge is 0.502 e. The quantitative estimate of drug-likeness (QED) is 0.299. The molecule has 9 heteroatoms. The van der Waals surface area contributed by atoms with Crippen molar-refractivity contribution in [2.75, 3.05) is 0 Å². The van der Waals surface area contributed by atoms with E-state index >= 15 is 0 Å². The molecule has 0 saturated heterocycles. The lowest BCUT2D eigenvalue weighted by atomic mass is 9.97. The van der Waals surface area contributed by atoms with E-state index in [1.54, 1.807) is 0 Å². The first-order valence-corrected chi connectivity index (χ1v) is 5.66. The monoisotopic (exact) mass is 319 g/mol. The molecule has 0 aromatic heterocycles. The highest BCUT2D eigenvalue weighted by Gasteiger charge is 2.29. The van der Waals surface area contributed by atoms with Gasteiger partial charge in [0.15, 0.2) is 29.0 Å². The van der Waals surface area contributed by atoms with Crippen molar-refractivity contribution in [2.45, 2.75) is 6.92 Å². The lowest BCUT2D eigenvalue weighted by Crippen LogP contribution is -2.05. The summed E-state index contributed by atoms with van der Waals surface area (Å²) in [7, 11) is 0. The van der Waals surface area contributed by atoms with Crippen molar-refractivity contribution in [3.63, 3.8) is 0 Å². The van der Waals surface area contributed by atoms with Crippen LogP contribution in [-0.4, -0.2) is 10.0 Å². The fraction of sp³-hybridized carbons (Fsp3) is 0.0769. The number of rotatable bonds is 2. The summed E-state index contributed by atoms with van der Waals surface area (Å²) in [5.74, 6) is -11.7. The Morgan fingerprint density at radius 3 is 1.86 bits per heavy atom. The summed E-state index contributed by atoms with van der Waals surface area (Å²) in [4.78, 5) is 9.67. The third kappa shape index (κ3) is 2.24. The lowest BCUT2D eigenvalue weighted by molar-refractivity contribution is -0.385. The summed E-state index contributed by atoms with van der Waals surface area (Å²) in [5.41, 5.74) is -2.91. The van der Waals surface area contributed by atoms with Crippen molar-refractivity contribution in [1.29, 1.82) is 0 Å². The molecule has 0 aliphatic rings. The van der Waals surface area contributed by atoms with E-state index in [1.807, 2.05) is 0 Å². The number of nitro groups is 1. The summed E-state index contributed by atoms with van der Waals surface area (Å²) in [6, 6.07) is 1.34. The Bertz CT molecular complexity index is 778. The molecule has 22 heavy (non-hydrogen) atoms. The number of halogens is 5. The lowest BCUT2D eigenvalue weighted by Gasteiger charge is -2.11. The second-order valence-corrected chi connectivity index (χ2v) is 4.36. The Hall–Kier alpha value is -2.71. The van der Waals surface area contributed by atoms with E-state index in [0.29, 0.717) is 6.07 Å². The number of hydrogen-bond donors (Lipinski definition) is 1. The first-order chi connectivity index (χ1) is 10.2. The first kappa shape index (κ1) is 15.7. The van der Waals surface area contributed by atoms with Crippen molar-refractivity contribution in [2.24, 2.45) is 0 Å².